The number of phosphoric acid groups is 1. The topological polar surface area (TPSA) is 94.1 Å². The predicted molar refractivity (Wildman–Crippen MR) is 258 cm³/mol. The summed E-state index contributed by atoms with van der Waals surface area (Å²) >= 11 is 0. The molecule has 0 saturated carbocycles. The molecule has 8 nitrogen and oxygen atoms in total. The first-order chi connectivity index (χ1) is 29.6. The van der Waals surface area contributed by atoms with Gasteiger partial charge in [-0.05, 0) is 96.3 Å². The van der Waals surface area contributed by atoms with Crippen molar-refractivity contribution in [3.63, 3.8) is 0 Å². The van der Waals surface area contributed by atoms with Gasteiger partial charge >= 0.3 is 5.97 Å². The van der Waals surface area contributed by atoms with E-state index in [4.69, 9.17) is 18.5 Å². The number of nitrogens with zero attached hydrogens (tertiary/aromatic N) is 1. The van der Waals surface area contributed by atoms with Crippen molar-refractivity contribution in [2.24, 2.45) is 0 Å². The summed E-state index contributed by atoms with van der Waals surface area (Å²) in [6, 6.07) is 0. The zero-order valence-corrected chi connectivity index (χ0v) is 40.5. The Balaban J connectivity index is 4.30. The largest absolute Gasteiger partial charge is 0.756 e. The van der Waals surface area contributed by atoms with Crippen molar-refractivity contribution < 1.29 is 37.3 Å². The molecule has 0 aromatic rings. The number of hydrogen-bond acceptors (Lipinski definition) is 7. The third-order valence-corrected chi connectivity index (χ3v) is 10.6. The second kappa shape index (κ2) is 44.0. The zero-order chi connectivity index (χ0) is 44.8. The number of unbranched alkanes of at least 4 members (excludes halogenated alkanes) is 13. The Morgan fingerprint density at radius 2 is 0.951 bits per heavy atom. The molecule has 0 N–H and O–H groups in total. The Hall–Kier alpha value is -2.58. The van der Waals surface area contributed by atoms with E-state index in [1.165, 1.54) is 38.5 Å². The maximum atomic E-state index is 12.7. The maximum Gasteiger partial charge on any atom is 0.306 e. The molecule has 0 fully saturated rings. The monoisotopic (exact) mass is 872 g/mol. The Morgan fingerprint density at radius 1 is 0.525 bits per heavy atom. The molecule has 0 aliphatic rings. The number of rotatable bonds is 43. The Labute approximate surface area is 375 Å². The summed E-state index contributed by atoms with van der Waals surface area (Å²) in [5.41, 5.74) is 0. The number of carbonyl (C=O) groups excluding carboxylic acids is 1. The van der Waals surface area contributed by atoms with E-state index >= 15 is 0 Å². The smallest absolute Gasteiger partial charge is 0.306 e. The summed E-state index contributed by atoms with van der Waals surface area (Å²) < 4.78 is 34.6. The molecule has 0 saturated heterocycles. The highest BCUT2D eigenvalue weighted by atomic mass is 31.2. The standard InChI is InChI=1S/C52H90NO7P/c1-6-8-10-12-14-16-18-20-22-24-26-28-30-32-34-36-38-40-42-44-47-57-49-51(50-59-61(55,56)58-48-46-53(3,4)5)60-52(54)45-43-41-39-37-35-33-31-29-27-25-23-21-19-17-15-13-11-9-7-2/h8,10,14-17,20-23,26-29,32,34,51H,6-7,9,11-13,18-19,24-25,30-31,33,35-50H2,1-5H3/b10-8-,16-14-,17-15-,22-20-,23-21-,28-26-,29-27-,34-32-. The Kier molecular flexibility index (Phi) is 42.2. The number of likely N-dealkylation sites (N-methyl/N-ethyl adjacent to an activating group) is 1. The first-order valence-corrected chi connectivity index (χ1v) is 25.4. The molecule has 9 heteroatoms. The number of hydrogen-bond donors (Lipinski definition) is 0. The van der Waals surface area contributed by atoms with Crippen LogP contribution in [-0.2, 0) is 27.9 Å². The molecule has 0 spiro atoms. The second-order valence-electron chi connectivity index (χ2n) is 16.7. The first kappa shape index (κ1) is 58.4. The molecular weight excluding hydrogens is 782 g/mol. The summed E-state index contributed by atoms with van der Waals surface area (Å²) in [4.78, 5) is 25.1. The van der Waals surface area contributed by atoms with Crippen molar-refractivity contribution in [1.29, 1.82) is 0 Å². The third kappa shape index (κ3) is 48.3. The fraction of sp³-hybridized carbons (Fsp3) is 0.673. The van der Waals surface area contributed by atoms with Crippen LogP contribution in [0, 0.1) is 0 Å². The molecule has 0 aliphatic heterocycles. The number of phosphoric ester groups is 1. The van der Waals surface area contributed by atoms with Crippen molar-refractivity contribution in [3.8, 4) is 0 Å². The Bertz CT molecular complexity index is 1290. The number of esters is 1. The fourth-order valence-corrected chi connectivity index (χ4v) is 6.66. The highest BCUT2D eigenvalue weighted by Gasteiger charge is 2.20. The van der Waals surface area contributed by atoms with Crippen LogP contribution in [0.5, 0.6) is 0 Å². The van der Waals surface area contributed by atoms with E-state index in [9.17, 15) is 14.3 Å². The zero-order valence-electron chi connectivity index (χ0n) is 39.6. The lowest BCUT2D eigenvalue weighted by Gasteiger charge is -2.28. The van der Waals surface area contributed by atoms with Gasteiger partial charge in [0.2, 0.25) is 0 Å². The summed E-state index contributed by atoms with van der Waals surface area (Å²) in [7, 11) is 1.31. The lowest BCUT2D eigenvalue weighted by atomic mass is 10.1. The molecule has 0 bridgehead atoms. The van der Waals surface area contributed by atoms with Crippen molar-refractivity contribution in [2.75, 3.05) is 54.1 Å². The average Bonchev–Trinajstić information content (AvgIpc) is 3.22. The minimum atomic E-state index is -4.55. The van der Waals surface area contributed by atoms with Crippen LogP contribution in [0.15, 0.2) is 97.2 Å². The van der Waals surface area contributed by atoms with E-state index in [1.54, 1.807) is 0 Å². The van der Waals surface area contributed by atoms with Crippen molar-refractivity contribution in [2.45, 2.75) is 174 Å². The van der Waals surface area contributed by atoms with Gasteiger partial charge in [-0.3, -0.25) is 9.36 Å². The van der Waals surface area contributed by atoms with E-state index in [1.807, 2.05) is 21.1 Å². The first-order valence-electron chi connectivity index (χ1n) is 24.0. The van der Waals surface area contributed by atoms with Gasteiger partial charge in [-0.2, -0.15) is 0 Å². The maximum absolute atomic E-state index is 12.7. The fourth-order valence-electron chi connectivity index (χ4n) is 5.93. The SMILES string of the molecule is CC/C=C\C/C=C\C/C=C\C/C=C\C/C=C\CCCCCCOCC(COP(=O)([O-])OCC[N+](C)(C)C)OC(=O)CCCCCCCC/C=C\C/C=C\C/C=C\CCCCC. The average molecular weight is 872 g/mol. The molecule has 0 aromatic heterocycles. The van der Waals surface area contributed by atoms with Crippen LogP contribution in [0.25, 0.3) is 0 Å². The molecule has 0 aromatic carbocycles. The van der Waals surface area contributed by atoms with Gasteiger partial charge in [0.15, 0.2) is 0 Å². The van der Waals surface area contributed by atoms with Gasteiger partial charge in [0.05, 0.1) is 34.4 Å². The normalized spacial score (nSPS) is 14.5. The quantitative estimate of drug-likeness (QED) is 0.0198. The highest BCUT2D eigenvalue weighted by Crippen LogP contribution is 2.38. The Morgan fingerprint density at radius 3 is 1.43 bits per heavy atom. The molecule has 0 radical (unpaired) electrons. The third-order valence-electron chi connectivity index (χ3n) is 9.62. The van der Waals surface area contributed by atoms with Crippen molar-refractivity contribution in [1.82, 2.24) is 0 Å². The predicted octanol–water partition coefficient (Wildman–Crippen LogP) is 14.0. The van der Waals surface area contributed by atoms with Crippen LogP contribution in [0.3, 0.4) is 0 Å². The van der Waals surface area contributed by atoms with Crippen LogP contribution < -0.4 is 4.89 Å². The van der Waals surface area contributed by atoms with Gasteiger partial charge in [-0.15, -0.1) is 0 Å². The van der Waals surface area contributed by atoms with Crippen LogP contribution in [0.4, 0.5) is 0 Å². The molecule has 0 heterocycles. The van der Waals surface area contributed by atoms with E-state index in [0.29, 0.717) is 17.6 Å². The van der Waals surface area contributed by atoms with Crippen molar-refractivity contribution in [3.05, 3.63) is 97.2 Å². The van der Waals surface area contributed by atoms with E-state index in [-0.39, 0.29) is 32.2 Å². The van der Waals surface area contributed by atoms with Gasteiger partial charge in [0, 0.05) is 13.0 Å². The van der Waals surface area contributed by atoms with Gasteiger partial charge in [-0.1, -0.05) is 162 Å². The van der Waals surface area contributed by atoms with Gasteiger partial charge in [0.25, 0.3) is 7.82 Å². The molecule has 350 valence electrons. The summed E-state index contributed by atoms with van der Waals surface area (Å²) in [5.74, 6) is -0.360. The summed E-state index contributed by atoms with van der Waals surface area (Å²) in [6.07, 6.45) is 59.9. The second-order valence-corrected chi connectivity index (χ2v) is 18.1. The molecular formula is C52H90NO7P. The number of ether oxygens (including phenoxy) is 2. The van der Waals surface area contributed by atoms with Crippen LogP contribution >= 0.6 is 7.82 Å². The van der Waals surface area contributed by atoms with Crippen LogP contribution in [0.1, 0.15) is 168 Å². The van der Waals surface area contributed by atoms with Gasteiger partial charge in [0.1, 0.15) is 19.3 Å². The van der Waals surface area contributed by atoms with Crippen LogP contribution in [0.2, 0.25) is 0 Å². The number of carbonyl (C=O) groups is 1. The van der Waals surface area contributed by atoms with E-state index in [0.717, 1.165) is 109 Å². The molecule has 0 amide bonds. The van der Waals surface area contributed by atoms with Gasteiger partial charge < -0.3 is 27.9 Å². The lowest BCUT2D eigenvalue weighted by molar-refractivity contribution is -0.870. The molecule has 2 atom stereocenters. The molecule has 0 rings (SSSR count). The lowest BCUT2D eigenvalue weighted by Crippen LogP contribution is -2.37. The minimum Gasteiger partial charge on any atom is -0.756 e. The van der Waals surface area contributed by atoms with Gasteiger partial charge in [-0.25, -0.2) is 0 Å². The van der Waals surface area contributed by atoms with E-state index in [2.05, 4.69) is 111 Å². The highest BCUT2D eigenvalue weighted by molar-refractivity contribution is 7.45. The van der Waals surface area contributed by atoms with Crippen molar-refractivity contribution >= 4 is 13.8 Å². The van der Waals surface area contributed by atoms with E-state index < -0.39 is 13.9 Å². The molecule has 61 heavy (non-hydrogen) atoms. The summed E-state index contributed by atoms with van der Waals surface area (Å²) in [6.45, 7) is 5.16. The molecule has 0 aliphatic carbocycles. The minimum absolute atomic E-state index is 0.0121. The molecule has 2 unspecified atom stereocenters. The number of quaternary nitrogens is 1. The summed E-state index contributed by atoms with van der Waals surface area (Å²) in [5, 5.41) is 0. The van der Waals surface area contributed by atoms with Crippen LogP contribution in [-0.4, -0.2) is 70.7 Å². The number of allylic oxidation sites excluding steroid dienone is 16.